The molecule has 0 atom stereocenters. The Balaban J connectivity index is 3.49. The van der Waals surface area contributed by atoms with E-state index >= 15 is 0 Å². The van der Waals surface area contributed by atoms with Crippen LogP contribution >= 0.6 is 0 Å². The van der Waals surface area contributed by atoms with Crippen LogP contribution in [0.2, 0.25) is 0 Å². The molecule has 0 rings (SSSR count). The summed E-state index contributed by atoms with van der Waals surface area (Å²) >= 11 is 0. The maximum atomic E-state index is 4.79. The first kappa shape index (κ1) is 7.47. The Kier molecular flexibility index (Phi) is 4.32. The molecular formula is C6H14NO+. The minimum Gasteiger partial charge on any atom is -0.454 e. The predicted octanol–water partition coefficient (Wildman–Crippen LogP) is 0.713. The van der Waals surface area contributed by atoms with Crippen molar-refractivity contribution in [3.8, 4) is 0 Å². The van der Waals surface area contributed by atoms with Gasteiger partial charge in [-0.25, -0.2) is 4.58 Å². The van der Waals surface area contributed by atoms with E-state index in [1.54, 1.807) is 13.5 Å². The summed E-state index contributed by atoms with van der Waals surface area (Å²) in [7, 11) is 1.66. The van der Waals surface area contributed by atoms with Crippen molar-refractivity contribution in [3.05, 3.63) is 0 Å². The summed E-state index contributed by atoms with van der Waals surface area (Å²) in [6.07, 6.45) is 1.74. The molecule has 0 unspecified atom stereocenters. The van der Waals surface area contributed by atoms with E-state index in [9.17, 15) is 0 Å². The van der Waals surface area contributed by atoms with Crippen LogP contribution in [0.15, 0.2) is 0 Å². The lowest BCUT2D eigenvalue weighted by atomic mass is 10.6. The van der Waals surface area contributed by atoms with Gasteiger partial charge in [-0.15, -0.1) is 0 Å². The number of rotatable bonds is 3. The Morgan fingerprint density at radius 1 is 1.38 bits per heavy atom. The number of ether oxygens (including phenoxy) is 1. The molecule has 0 saturated heterocycles. The predicted molar refractivity (Wildman–Crippen MR) is 34.4 cm³/mol. The molecular weight excluding hydrogens is 102 g/mol. The van der Waals surface area contributed by atoms with Gasteiger partial charge in [-0.1, -0.05) is 0 Å². The largest absolute Gasteiger partial charge is 0.454 e. The Morgan fingerprint density at radius 2 is 1.88 bits per heavy atom. The van der Waals surface area contributed by atoms with Gasteiger partial charge in [-0.2, -0.15) is 0 Å². The highest BCUT2D eigenvalue weighted by Gasteiger charge is 1.91. The third-order valence-corrected chi connectivity index (χ3v) is 1.07. The second kappa shape index (κ2) is 4.62. The molecule has 0 bridgehead atoms. The van der Waals surface area contributed by atoms with E-state index in [-0.39, 0.29) is 0 Å². The van der Waals surface area contributed by atoms with Gasteiger partial charge in [0.25, 0.3) is 0 Å². The van der Waals surface area contributed by atoms with Gasteiger partial charge in [0, 0.05) is 0 Å². The summed E-state index contributed by atoms with van der Waals surface area (Å²) in [5.74, 6) is 0. The Hall–Kier alpha value is -0.530. The minimum absolute atomic E-state index is 1.02. The van der Waals surface area contributed by atoms with Gasteiger partial charge in [0.2, 0.25) is 0 Å². The van der Waals surface area contributed by atoms with Gasteiger partial charge in [0.05, 0.1) is 7.11 Å². The molecule has 0 aliphatic rings. The Labute approximate surface area is 50.8 Å². The maximum Gasteiger partial charge on any atom is 0.323 e. The molecule has 2 nitrogen and oxygen atoms in total. The summed E-state index contributed by atoms with van der Waals surface area (Å²) in [6.45, 7) is 6.23. The van der Waals surface area contributed by atoms with Crippen LogP contribution in [0.3, 0.4) is 0 Å². The van der Waals surface area contributed by atoms with E-state index in [1.807, 2.05) is 0 Å². The van der Waals surface area contributed by atoms with E-state index in [4.69, 9.17) is 4.74 Å². The van der Waals surface area contributed by atoms with Crippen LogP contribution in [-0.2, 0) is 4.74 Å². The fourth-order valence-electron chi connectivity index (χ4n) is 0.522. The fourth-order valence-corrected chi connectivity index (χ4v) is 0.522. The lowest BCUT2D eigenvalue weighted by Gasteiger charge is -1.92. The van der Waals surface area contributed by atoms with Crippen molar-refractivity contribution >= 4 is 6.40 Å². The monoisotopic (exact) mass is 116 g/mol. The van der Waals surface area contributed by atoms with Crippen molar-refractivity contribution in [2.24, 2.45) is 0 Å². The highest BCUT2D eigenvalue weighted by Crippen LogP contribution is 1.70. The first-order chi connectivity index (χ1) is 3.85. The quantitative estimate of drug-likeness (QED) is 0.300. The molecule has 0 N–H and O–H groups in total. The van der Waals surface area contributed by atoms with Crippen LogP contribution < -0.4 is 0 Å². The highest BCUT2D eigenvalue weighted by atomic mass is 16.5. The van der Waals surface area contributed by atoms with Crippen LogP contribution in [0.25, 0.3) is 0 Å². The molecule has 0 aliphatic heterocycles. The molecule has 0 radical (unpaired) electrons. The zero-order chi connectivity index (χ0) is 6.41. The molecule has 8 heavy (non-hydrogen) atoms. The average Bonchev–Trinajstić information content (AvgIpc) is 1.83. The van der Waals surface area contributed by atoms with Gasteiger partial charge in [-0.3, -0.25) is 0 Å². The van der Waals surface area contributed by atoms with E-state index in [0.717, 1.165) is 13.1 Å². The normalized spacial score (nSPS) is 8.38. The van der Waals surface area contributed by atoms with Gasteiger partial charge in [0.1, 0.15) is 13.1 Å². The second-order valence-electron chi connectivity index (χ2n) is 1.56. The number of hydrogen-bond acceptors (Lipinski definition) is 1. The highest BCUT2D eigenvalue weighted by molar-refractivity contribution is 5.38. The summed E-state index contributed by atoms with van der Waals surface area (Å²) in [6, 6.07) is 0. The molecule has 0 aromatic carbocycles. The molecule has 0 fully saturated rings. The molecule has 0 aromatic rings. The minimum atomic E-state index is 1.02. The second-order valence-corrected chi connectivity index (χ2v) is 1.56. The number of hydrogen-bond donors (Lipinski definition) is 0. The van der Waals surface area contributed by atoms with Gasteiger partial charge < -0.3 is 4.74 Å². The summed E-state index contributed by atoms with van der Waals surface area (Å²) in [5.41, 5.74) is 0. The molecule has 0 spiro atoms. The van der Waals surface area contributed by atoms with Gasteiger partial charge in [-0.05, 0) is 13.8 Å². The Bertz CT molecular complexity index is 72.6. The summed E-state index contributed by atoms with van der Waals surface area (Å²) in [4.78, 5) is 0. The summed E-state index contributed by atoms with van der Waals surface area (Å²) < 4.78 is 6.87. The van der Waals surface area contributed by atoms with Crippen LogP contribution in [0, 0.1) is 0 Å². The van der Waals surface area contributed by atoms with E-state index in [1.165, 1.54) is 0 Å². The average molecular weight is 116 g/mol. The van der Waals surface area contributed by atoms with Crippen molar-refractivity contribution in [2.75, 3.05) is 20.2 Å². The van der Waals surface area contributed by atoms with Gasteiger partial charge >= 0.3 is 6.40 Å². The van der Waals surface area contributed by atoms with E-state index in [0.29, 0.717) is 0 Å². The van der Waals surface area contributed by atoms with Crippen molar-refractivity contribution in [2.45, 2.75) is 13.8 Å². The molecule has 48 valence electrons. The Morgan fingerprint density at radius 3 is 2.00 bits per heavy atom. The fraction of sp³-hybridized carbons (Fsp3) is 0.833. The third kappa shape index (κ3) is 2.61. The number of nitrogens with zero attached hydrogens (tertiary/aromatic N) is 1. The topological polar surface area (TPSA) is 12.2 Å². The third-order valence-electron chi connectivity index (χ3n) is 1.07. The van der Waals surface area contributed by atoms with Crippen LogP contribution in [0.1, 0.15) is 13.8 Å². The van der Waals surface area contributed by atoms with Crippen molar-refractivity contribution in [1.29, 1.82) is 0 Å². The smallest absolute Gasteiger partial charge is 0.323 e. The van der Waals surface area contributed by atoms with Crippen LogP contribution in [0.4, 0.5) is 0 Å². The van der Waals surface area contributed by atoms with Crippen molar-refractivity contribution < 1.29 is 9.31 Å². The molecule has 0 saturated carbocycles. The molecule has 2 heteroatoms. The maximum absolute atomic E-state index is 4.79. The molecule has 0 aliphatic carbocycles. The van der Waals surface area contributed by atoms with Crippen LogP contribution in [-0.4, -0.2) is 31.2 Å². The standard InChI is InChI=1S/C6H14NO/c1-4-7(5-2)6-8-3/h6H,4-5H2,1-3H3/q+1. The lowest BCUT2D eigenvalue weighted by molar-refractivity contribution is -0.523. The summed E-state index contributed by atoms with van der Waals surface area (Å²) in [5, 5.41) is 0. The first-order valence-electron chi connectivity index (χ1n) is 2.95. The van der Waals surface area contributed by atoms with Gasteiger partial charge in [0.15, 0.2) is 0 Å². The molecule has 0 heterocycles. The van der Waals surface area contributed by atoms with E-state index < -0.39 is 0 Å². The lowest BCUT2D eigenvalue weighted by Crippen LogP contribution is -2.12. The van der Waals surface area contributed by atoms with E-state index in [2.05, 4.69) is 18.4 Å². The van der Waals surface area contributed by atoms with Crippen LogP contribution in [0.5, 0.6) is 0 Å². The SMILES string of the molecule is CC[N+](=COC)CC. The zero-order valence-corrected chi connectivity index (χ0v) is 5.85. The zero-order valence-electron chi connectivity index (χ0n) is 5.85. The molecule has 0 amide bonds. The van der Waals surface area contributed by atoms with Crippen molar-refractivity contribution in [1.82, 2.24) is 0 Å². The van der Waals surface area contributed by atoms with Crippen molar-refractivity contribution in [3.63, 3.8) is 0 Å². The molecule has 0 aromatic heterocycles. The number of methoxy groups -OCH3 is 1. The first-order valence-corrected chi connectivity index (χ1v) is 2.95.